The summed E-state index contributed by atoms with van der Waals surface area (Å²) in [6.07, 6.45) is 8.79. The molecule has 1 fully saturated rings. The number of aliphatic hydroxyl groups is 2. The Kier molecular flexibility index (Phi) is 4.23. The van der Waals surface area contributed by atoms with Crippen molar-refractivity contribution in [1.82, 2.24) is 9.55 Å². The second-order valence-electron chi connectivity index (χ2n) is 7.78. The number of hydrogen-bond acceptors (Lipinski definition) is 3. The van der Waals surface area contributed by atoms with Gasteiger partial charge in [0.05, 0.1) is 28.6 Å². The molecule has 2 aromatic rings. The Balaban J connectivity index is 1.86. The summed E-state index contributed by atoms with van der Waals surface area (Å²) in [7, 11) is 0. The fraction of sp³-hybridized carbons (Fsp3) is 0.632. The number of benzene rings is 1. The van der Waals surface area contributed by atoms with Crippen molar-refractivity contribution < 1.29 is 10.2 Å². The van der Waals surface area contributed by atoms with Crippen LogP contribution in [0.2, 0.25) is 0 Å². The summed E-state index contributed by atoms with van der Waals surface area (Å²) in [5.41, 5.74) is 0.817. The molecule has 0 aliphatic heterocycles. The lowest BCUT2D eigenvalue weighted by Crippen LogP contribution is -2.49. The largest absolute Gasteiger partial charge is 0.387 e. The molecule has 0 saturated heterocycles. The average molecular weight is 316 g/mol. The molecule has 0 amide bonds. The van der Waals surface area contributed by atoms with Crippen molar-refractivity contribution in [2.45, 2.75) is 76.5 Å². The number of nitrogens with zero attached hydrogens (tertiary/aromatic N) is 2. The minimum absolute atomic E-state index is 0.405. The van der Waals surface area contributed by atoms with Gasteiger partial charge in [0.15, 0.2) is 0 Å². The van der Waals surface area contributed by atoms with Crippen LogP contribution in [0.4, 0.5) is 0 Å². The first-order valence-electron chi connectivity index (χ1n) is 8.68. The van der Waals surface area contributed by atoms with Gasteiger partial charge < -0.3 is 14.8 Å². The van der Waals surface area contributed by atoms with Gasteiger partial charge in [-0.25, -0.2) is 4.98 Å². The molecule has 3 rings (SSSR count). The zero-order chi connectivity index (χ0) is 16.7. The van der Waals surface area contributed by atoms with Crippen molar-refractivity contribution in [2.75, 3.05) is 0 Å². The Morgan fingerprint density at radius 3 is 2.48 bits per heavy atom. The van der Waals surface area contributed by atoms with Gasteiger partial charge in [0, 0.05) is 12.5 Å². The van der Waals surface area contributed by atoms with E-state index in [9.17, 15) is 10.2 Å². The first-order chi connectivity index (χ1) is 10.8. The Morgan fingerprint density at radius 2 is 1.83 bits per heavy atom. The van der Waals surface area contributed by atoms with Crippen LogP contribution < -0.4 is 0 Å². The van der Waals surface area contributed by atoms with E-state index < -0.39 is 11.2 Å². The van der Waals surface area contributed by atoms with Crippen molar-refractivity contribution in [3.05, 3.63) is 30.1 Å². The van der Waals surface area contributed by atoms with Gasteiger partial charge in [-0.15, -0.1) is 0 Å². The normalized spacial score (nSPS) is 19.9. The molecule has 1 unspecified atom stereocenters. The van der Waals surface area contributed by atoms with Gasteiger partial charge in [-0.1, -0.05) is 25.3 Å². The highest BCUT2D eigenvalue weighted by molar-refractivity contribution is 5.76. The van der Waals surface area contributed by atoms with E-state index in [0.717, 1.165) is 11.1 Å². The van der Waals surface area contributed by atoms with Gasteiger partial charge in [-0.05, 0) is 51.3 Å². The third kappa shape index (κ3) is 3.29. The van der Waals surface area contributed by atoms with E-state index in [-0.39, 0.29) is 0 Å². The van der Waals surface area contributed by atoms with Crippen LogP contribution >= 0.6 is 0 Å². The summed E-state index contributed by atoms with van der Waals surface area (Å²) < 4.78 is 2.31. The van der Waals surface area contributed by atoms with E-state index in [1.165, 1.54) is 37.6 Å². The molecule has 1 aromatic carbocycles. The monoisotopic (exact) mass is 316 g/mol. The summed E-state index contributed by atoms with van der Waals surface area (Å²) in [4.78, 5) is 4.57. The predicted octanol–water partition coefficient (Wildman–Crippen LogP) is 3.61. The van der Waals surface area contributed by atoms with Crippen LogP contribution in [-0.4, -0.2) is 31.0 Å². The summed E-state index contributed by atoms with van der Waals surface area (Å²) in [6.45, 7) is 4.96. The molecule has 126 valence electrons. The van der Waals surface area contributed by atoms with Crippen LogP contribution in [-0.2, 0) is 6.42 Å². The SMILES string of the molecule is CC(C)(O)C(C)(O)Cc1ccc2c(c1)ncn2C1CCCCC1. The topological polar surface area (TPSA) is 58.3 Å². The van der Waals surface area contributed by atoms with Crippen LogP contribution in [0.25, 0.3) is 11.0 Å². The Morgan fingerprint density at radius 1 is 1.13 bits per heavy atom. The van der Waals surface area contributed by atoms with Crippen molar-refractivity contribution in [3.63, 3.8) is 0 Å². The quantitative estimate of drug-likeness (QED) is 0.906. The number of imidazole rings is 1. The second-order valence-corrected chi connectivity index (χ2v) is 7.78. The molecule has 4 heteroatoms. The number of hydrogen-bond donors (Lipinski definition) is 2. The number of fused-ring (bicyclic) bond motifs is 1. The van der Waals surface area contributed by atoms with Gasteiger partial charge >= 0.3 is 0 Å². The molecule has 1 atom stereocenters. The summed E-state index contributed by atoms with van der Waals surface area (Å²) >= 11 is 0. The smallest absolute Gasteiger partial charge is 0.0960 e. The van der Waals surface area contributed by atoms with E-state index in [0.29, 0.717) is 12.5 Å². The van der Waals surface area contributed by atoms with Crippen LogP contribution in [0.15, 0.2) is 24.5 Å². The van der Waals surface area contributed by atoms with Crippen molar-refractivity contribution >= 4 is 11.0 Å². The standard InChI is InChI=1S/C19H28N2O2/c1-18(2,22)19(3,23)12-14-9-10-17-16(11-14)20-13-21(17)15-7-5-4-6-8-15/h9-11,13,15,22-23H,4-8,12H2,1-3H3. The lowest BCUT2D eigenvalue weighted by Gasteiger charge is -2.35. The predicted molar refractivity (Wildman–Crippen MR) is 92.5 cm³/mol. The minimum atomic E-state index is -1.17. The molecular weight excluding hydrogens is 288 g/mol. The Hall–Kier alpha value is -1.39. The lowest BCUT2D eigenvalue weighted by atomic mass is 9.82. The molecule has 23 heavy (non-hydrogen) atoms. The maximum Gasteiger partial charge on any atom is 0.0960 e. The van der Waals surface area contributed by atoms with Crippen LogP contribution in [0.3, 0.4) is 0 Å². The average Bonchev–Trinajstić information content (AvgIpc) is 2.89. The van der Waals surface area contributed by atoms with Crippen LogP contribution in [0, 0.1) is 0 Å². The third-order valence-corrected chi connectivity index (χ3v) is 5.47. The number of aromatic nitrogens is 2. The van der Waals surface area contributed by atoms with E-state index in [1.54, 1.807) is 20.8 Å². The zero-order valence-corrected chi connectivity index (χ0v) is 14.4. The molecule has 0 spiro atoms. The summed E-state index contributed by atoms with van der Waals surface area (Å²) in [6, 6.07) is 6.75. The van der Waals surface area contributed by atoms with Gasteiger partial charge in [-0.3, -0.25) is 0 Å². The first kappa shape index (κ1) is 16.5. The molecule has 1 aromatic heterocycles. The summed E-state index contributed by atoms with van der Waals surface area (Å²) in [5, 5.41) is 20.6. The fourth-order valence-corrected chi connectivity index (χ4v) is 3.45. The molecular formula is C19H28N2O2. The molecule has 0 bridgehead atoms. The van der Waals surface area contributed by atoms with Crippen LogP contribution in [0.1, 0.15) is 64.5 Å². The minimum Gasteiger partial charge on any atom is -0.387 e. The molecule has 1 aliphatic rings. The second kappa shape index (κ2) is 5.91. The van der Waals surface area contributed by atoms with E-state index in [1.807, 2.05) is 18.5 Å². The van der Waals surface area contributed by atoms with Crippen molar-refractivity contribution in [1.29, 1.82) is 0 Å². The maximum atomic E-state index is 10.5. The summed E-state index contributed by atoms with van der Waals surface area (Å²) in [5.74, 6) is 0. The van der Waals surface area contributed by atoms with E-state index in [2.05, 4.69) is 15.6 Å². The molecule has 1 heterocycles. The molecule has 1 saturated carbocycles. The lowest BCUT2D eigenvalue weighted by molar-refractivity contribution is -0.118. The van der Waals surface area contributed by atoms with Crippen molar-refractivity contribution in [2.24, 2.45) is 0 Å². The highest BCUT2D eigenvalue weighted by Crippen LogP contribution is 2.32. The van der Waals surface area contributed by atoms with Gasteiger partial charge in [-0.2, -0.15) is 0 Å². The van der Waals surface area contributed by atoms with Gasteiger partial charge in [0.25, 0.3) is 0 Å². The highest BCUT2D eigenvalue weighted by Gasteiger charge is 2.37. The van der Waals surface area contributed by atoms with Gasteiger partial charge in [0.2, 0.25) is 0 Å². The molecule has 4 nitrogen and oxygen atoms in total. The maximum absolute atomic E-state index is 10.5. The third-order valence-electron chi connectivity index (χ3n) is 5.47. The molecule has 0 radical (unpaired) electrons. The first-order valence-corrected chi connectivity index (χ1v) is 8.68. The zero-order valence-electron chi connectivity index (χ0n) is 14.4. The van der Waals surface area contributed by atoms with Gasteiger partial charge in [0.1, 0.15) is 0 Å². The Bertz CT molecular complexity index is 676. The molecule has 1 aliphatic carbocycles. The highest BCUT2D eigenvalue weighted by atomic mass is 16.3. The van der Waals surface area contributed by atoms with E-state index in [4.69, 9.17) is 0 Å². The van der Waals surface area contributed by atoms with E-state index >= 15 is 0 Å². The van der Waals surface area contributed by atoms with Crippen LogP contribution in [0.5, 0.6) is 0 Å². The molecule has 2 N–H and O–H groups in total. The van der Waals surface area contributed by atoms with Crippen molar-refractivity contribution in [3.8, 4) is 0 Å². The Labute approximate surface area is 138 Å². The fourth-order valence-electron chi connectivity index (χ4n) is 3.45. The number of rotatable bonds is 4.